The topological polar surface area (TPSA) is 73.8 Å². The van der Waals surface area contributed by atoms with E-state index < -0.39 is 10.0 Å². The molecule has 0 unspecified atom stereocenters. The van der Waals surface area contributed by atoms with E-state index in [-0.39, 0.29) is 42.1 Å². The number of nitrogens with zero attached hydrogens (tertiary/aromatic N) is 4. The van der Waals surface area contributed by atoms with Crippen molar-refractivity contribution in [3.63, 3.8) is 0 Å². The highest BCUT2D eigenvalue weighted by atomic mass is 35.5. The quantitative estimate of drug-likeness (QED) is 0.516. The van der Waals surface area contributed by atoms with E-state index in [0.29, 0.717) is 29.8 Å². The highest BCUT2D eigenvalue weighted by Gasteiger charge is 2.34. The molecule has 3 aromatic rings. The second-order valence-electron chi connectivity index (χ2n) is 8.97. The average Bonchev–Trinajstić information content (AvgIpc) is 2.86. The fourth-order valence-corrected chi connectivity index (χ4v) is 6.25. The van der Waals surface area contributed by atoms with E-state index in [9.17, 15) is 17.6 Å². The van der Waals surface area contributed by atoms with Crippen LogP contribution < -0.4 is 4.90 Å². The van der Waals surface area contributed by atoms with Gasteiger partial charge in [-0.2, -0.15) is 4.31 Å². The van der Waals surface area contributed by atoms with Crippen molar-refractivity contribution in [2.45, 2.75) is 17.7 Å². The lowest BCUT2D eigenvalue weighted by molar-refractivity contribution is -0.134. The van der Waals surface area contributed by atoms with Gasteiger partial charge in [-0.3, -0.25) is 9.78 Å². The van der Waals surface area contributed by atoms with Gasteiger partial charge < -0.3 is 9.80 Å². The van der Waals surface area contributed by atoms with E-state index in [0.717, 1.165) is 25.9 Å². The second-order valence-corrected chi connectivity index (χ2v) is 10.9. The Morgan fingerprint density at radius 3 is 2.31 bits per heavy atom. The van der Waals surface area contributed by atoms with Crippen LogP contribution in [0.3, 0.4) is 0 Å². The second kappa shape index (κ2) is 10.5. The summed E-state index contributed by atoms with van der Waals surface area (Å²) in [5, 5.41) is 1.28. The number of anilines is 1. The van der Waals surface area contributed by atoms with Crippen molar-refractivity contribution in [1.82, 2.24) is 14.2 Å². The van der Waals surface area contributed by atoms with Crippen LogP contribution >= 0.6 is 12.4 Å². The third-order valence-electron chi connectivity index (χ3n) is 6.82. The number of hydrogen-bond acceptors (Lipinski definition) is 5. The van der Waals surface area contributed by atoms with Crippen LogP contribution in [-0.4, -0.2) is 67.8 Å². The van der Waals surface area contributed by atoms with Gasteiger partial charge in [-0.1, -0.05) is 12.1 Å². The molecule has 2 aromatic carbocycles. The van der Waals surface area contributed by atoms with Crippen LogP contribution in [0.4, 0.5) is 10.1 Å². The molecule has 35 heavy (non-hydrogen) atoms. The van der Waals surface area contributed by atoms with E-state index >= 15 is 0 Å². The van der Waals surface area contributed by atoms with Crippen LogP contribution in [0.1, 0.15) is 12.8 Å². The van der Waals surface area contributed by atoms with Crippen molar-refractivity contribution in [2.75, 3.05) is 44.2 Å². The molecule has 0 N–H and O–H groups in total. The molecule has 186 valence electrons. The first-order chi connectivity index (χ1) is 16.4. The molecule has 3 heterocycles. The van der Waals surface area contributed by atoms with Crippen LogP contribution in [-0.2, 0) is 14.8 Å². The third kappa shape index (κ3) is 5.42. The lowest BCUT2D eigenvalue weighted by Crippen LogP contribution is -2.53. The third-order valence-corrected chi connectivity index (χ3v) is 8.66. The molecule has 0 radical (unpaired) electrons. The molecule has 0 spiro atoms. The smallest absolute Gasteiger partial charge is 0.243 e. The first-order valence-electron chi connectivity index (χ1n) is 11.5. The zero-order chi connectivity index (χ0) is 23.7. The number of amides is 1. The van der Waals surface area contributed by atoms with Crippen molar-refractivity contribution in [3.8, 4) is 0 Å². The van der Waals surface area contributed by atoms with Gasteiger partial charge in [0.15, 0.2) is 0 Å². The Hall–Kier alpha value is -2.75. The monoisotopic (exact) mass is 518 g/mol. The maximum absolute atomic E-state index is 13.4. The number of fused-ring (bicyclic) bond motifs is 1. The molecule has 0 aliphatic carbocycles. The van der Waals surface area contributed by atoms with Crippen molar-refractivity contribution >= 4 is 44.8 Å². The summed E-state index contributed by atoms with van der Waals surface area (Å²) < 4.78 is 41.1. The highest BCUT2D eigenvalue weighted by Crippen LogP contribution is 2.26. The Kier molecular flexibility index (Phi) is 7.59. The van der Waals surface area contributed by atoms with Gasteiger partial charge in [-0.25, -0.2) is 12.8 Å². The normalized spacial score (nSPS) is 18.0. The van der Waals surface area contributed by atoms with Crippen LogP contribution in [0, 0.1) is 11.7 Å². The van der Waals surface area contributed by atoms with Crippen LogP contribution in [0.25, 0.3) is 10.8 Å². The minimum Gasteiger partial charge on any atom is -0.371 e. The molecule has 5 rings (SSSR count). The number of sulfonamides is 1. The summed E-state index contributed by atoms with van der Waals surface area (Å²) in [5.41, 5.74) is 1.17. The predicted octanol–water partition coefficient (Wildman–Crippen LogP) is 3.55. The van der Waals surface area contributed by atoms with E-state index in [1.165, 1.54) is 34.3 Å². The molecule has 1 amide bonds. The zero-order valence-corrected chi connectivity index (χ0v) is 20.8. The van der Waals surface area contributed by atoms with Crippen LogP contribution in [0.5, 0.6) is 0 Å². The van der Waals surface area contributed by atoms with Crippen LogP contribution in [0.15, 0.2) is 65.8 Å². The Labute approximate surface area is 211 Å². The first-order valence-corrected chi connectivity index (χ1v) is 13.0. The van der Waals surface area contributed by atoms with Crippen molar-refractivity contribution < 1.29 is 17.6 Å². The van der Waals surface area contributed by atoms with E-state index in [1.807, 2.05) is 17.0 Å². The zero-order valence-electron chi connectivity index (χ0n) is 19.2. The number of piperazine rings is 1. The van der Waals surface area contributed by atoms with Gasteiger partial charge in [0.2, 0.25) is 15.9 Å². The SMILES string of the molecule is Cl.O=C1CN(S(=O)(=O)c2ccc3cc(F)ccc3c2)CCN1CC1CCN(c2ccncc2)CC1. The summed E-state index contributed by atoms with van der Waals surface area (Å²) in [4.78, 5) is 21.2. The van der Waals surface area contributed by atoms with Gasteiger partial charge in [0, 0.05) is 50.8 Å². The molecule has 0 atom stereocenters. The summed E-state index contributed by atoms with van der Waals surface area (Å²) in [6, 6.07) is 12.9. The highest BCUT2D eigenvalue weighted by molar-refractivity contribution is 7.89. The number of carbonyl (C=O) groups is 1. The minimum atomic E-state index is -3.81. The summed E-state index contributed by atoms with van der Waals surface area (Å²) in [6.07, 6.45) is 5.58. The lowest BCUT2D eigenvalue weighted by Gasteiger charge is -2.38. The Balaban J connectivity index is 0.00000289. The van der Waals surface area contributed by atoms with E-state index in [4.69, 9.17) is 0 Å². The van der Waals surface area contributed by atoms with E-state index in [1.54, 1.807) is 24.5 Å². The number of piperidine rings is 1. The molecule has 2 fully saturated rings. The fraction of sp³-hybridized carbons (Fsp3) is 0.360. The number of hydrogen-bond donors (Lipinski definition) is 0. The minimum absolute atomic E-state index is 0. The van der Waals surface area contributed by atoms with Crippen molar-refractivity contribution in [1.29, 1.82) is 0 Å². The molecule has 0 bridgehead atoms. The standard InChI is InChI=1S/C25H27FN4O3S.ClH/c26-22-3-1-21-16-24(4-2-20(21)15-22)34(32,33)30-14-13-29(25(31)18-30)17-19-7-11-28(12-8-19)23-5-9-27-10-6-23;/h1-6,9-10,15-16,19H,7-8,11-14,17-18H2;1H. The molecule has 2 aliphatic heterocycles. The fourth-order valence-electron chi connectivity index (χ4n) is 4.83. The van der Waals surface area contributed by atoms with Crippen molar-refractivity contribution in [3.05, 3.63) is 66.7 Å². The summed E-state index contributed by atoms with van der Waals surface area (Å²) >= 11 is 0. The van der Waals surface area contributed by atoms with Gasteiger partial charge in [0.25, 0.3) is 0 Å². The Morgan fingerprint density at radius 1 is 0.914 bits per heavy atom. The number of benzene rings is 2. The summed E-state index contributed by atoms with van der Waals surface area (Å²) in [6.45, 7) is 3.04. The number of pyridine rings is 1. The molecular weight excluding hydrogens is 491 g/mol. The number of aromatic nitrogens is 1. The molecule has 2 saturated heterocycles. The summed E-state index contributed by atoms with van der Waals surface area (Å²) in [5.74, 6) is -0.117. The first kappa shape index (κ1) is 25.3. The van der Waals surface area contributed by atoms with Gasteiger partial charge in [-0.05, 0) is 65.9 Å². The number of carbonyl (C=O) groups excluding carboxylic acids is 1. The molecule has 1 aromatic heterocycles. The largest absolute Gasteiger partial charge is 0.371 e. The van der Waals surface area contributed by atoms with Gasteiger partial charge in [0.05, 0.1) is 11.4 Å². The lowest BCUT2D eigenvalue weighted by atomic mass is 9.95. The van der Waals surface area contributed by atoms with Gasteiger partial charge in [-0.15, -0.1) is 12.4 Å². The molecule has 10 heteroatoms. The molecular formula is C25H28ClFN4O3S. The van der Waals surface area contributed by atoms with Crippen molar-refractivity contribution in [2.24, 2.45) is 5.92 Å². The van der Waals surface area contributed by atoms with Crippen LogP contribution in [0.2, 0.25) is 0 Å². The maximum Gasteiger partial charge on any atom is 0.243 e. The molecule has 0 saturated carbocycles. The number of halogens is 2. The molecule has 7 nitrogen and oxygen atoms in total. The Morgan fingerprint density at radius 2 is 1.60 bits per heavy atom. The maximum atomic E-state index is 13.4. The van der Waals surface area contributed by atoms with Gasteiger partial charge in [0.1, 0.15) is 5.82 Å². The number of rotatable bonds is 5. The van der Waals surface area contributed by atoms with E-state index in [2.05, 4.69) is 9.88 Å². The molecule has 2 aliphatic rings. The Bertz CT molecular complexity index is 1300. The predicted molar refractivity (Wildman–Crippen MR) is 136 cm³/mol. The average molecular weight is 519 g/mol. The summed E-state index contributed by atoms with van der Waals surface area (Å²) in [7, 11) is -3.81. The van der Waals surface area contributed by atoms with Gasteiger partial charge >= 0.3 is 0 Å².